The Balaban J connectivity index is -0.00000000500. The highest BCUT2D eigenvalue weighted by molar-refractivity contribution is 6.92. The molecule has 30 valence electrons. The van der Waals surface area contributed by atoms with E-state index in [1.54, 1.807) is 0 Å². The summed E-state index contributed by atoms with van der Waals surface area (Å²) in [5.74, 6) is 8.00. The van der Waals surface area contributed by atoms with Gasteiger partial charge in [0.1, 0.15) is 0 Å². The average Bonchev–Trinajstić information content (AvgIpc) is 1.00. The quantitative estimate of drug-likeness (QED) is 0.203. The summed E-state index contributed by atoms with van der Waals surface area (Å²) in [5, 5.41) is 0. The molecule has 4 heteroatoms. The Hall–Kier alpha value is 0.310. The maximum atomic E-state index is 4.00. The van der Waals surface area contributed by atoms with Crippen LogP contribution in [0.1, 0.15) is 0 Å². The second-order valence-electron chi connectivity index (χ2n) is 0. The molecule has 0 heterocycles. The zero-order valence-corrected chi connectivity index (χ0v) is 3.78. The summed E-state index contributed by atoms with van der Waals surface area (Å²) in [7, 11) is 0. The number of hydrazine groups is 1. The minimum absolute atomic E-state index is 0. The van der Waals surface area contributed by atoms with Crippen molar-refractivity contribution in [3.63, 3.8) is 0 Å². The molecule has 0 aliphatic heterocycles. The van der Waals surface area contributed by atoms with Gasteiger partial charge in [0, 0.05) is 0 Å². The van der Waals surface area contributed by atoms with Crippen molar-refractivity contribution in [2.75, 3.05) is 0 Å². The van der Waals surface area contributed by atoms with E-state index in [0.717, 1.165) is 0 Å². The molecule has 6 N–H and O–H groups in total. The largest absolute Gasteiger partial charge is 0.412 e. The molecule has 3 nitrogen and oxygen atoms in total. The highest BCUT2D eigenvalue weighted by Gasteiger charge is 0.726. The van der Waals surface area contributed by atoms with Gasteiger partial charge >= 0.3 is 0 Å². The molecule has 0 aromatic heterocycles. The molecule has 0 saturated heterocycles. The fraction of sp³-hybridized carbons (Fsp3) is 0. The average molecular weight is 84.1 g/mol. The predicted molar refractivity (Wildman–Crippen MR) is 23.1 cm³/mol. The standard InChI is InChI=1S/H4N2.H2O.H3P/c1-2;;/h1-2H2;1H2;1H3. The van der Waals surface area contributed by atoms with Gasteiger partial charge in [-0.2, -0.15) is 9.90 Å². The molecule has 1 atom stereocenters. The molecule has 0 bridgehead atoms. The van der Waals surface area contributed by atoms with Crippen molar-refractivity contribution < 1.29 is 5.48 Å². The third-order valence-electron chi connectivity index (χ3n) is 0. The first-order chi connectivity index (χ1) is 1.00. The predicted octanol–water partition coefficient (Wildman–Crippen LogP) is -1.95. The number of hydrogen-bond acceptors (Lipinski definition) is 2. The topological polar surface area (TPSA) is 83.5 Å². The van der Waals surface area contributed by atoms with E-state index in [2.05, 4.69) is 11.7 Å². The minimum atomic E-state index is 0. The van der Waals surface area contributed by atoms with E-state index in [1.165, 1.54) is 0 Å². The van der Waals surface area contributed by atoms with Gasteiger partial charge in [0.05, 0.1) is 0 Å². The lowest BCUT2D eigenvalue weighted by Crippen LogP contribution is -2.02. The Labute approximate surface area is 28.3 Å². The van der Waals surface area contributed by atoms with Gasteiger partial charge in [0.2, 0.25) is 0 Å². The van der Waals surface area contributed by atoms with Crippen molar-refractivity contribution in [1.29, 1.82) is 0 Å². The van der Waals surface area contributed by atoms with Crippen LogP contribution in [0.15, 0.2) is 0 Å². The van der Waals surface area contributed by atoms with Gasteiger partial charge < -0.3 is 5.48 Å². The summed E-state index contributed by atoms with van der Waals surface area (Å²) in [5.41, 5.74) is 0. The summed E-state index contributed by atoms with van der Waals surface area (Å²) in [4.78, 5) is 0. The van der Waals surface area contributed by atoms with Gasteiger partial charge in [-0.1, -0.05) is 0 Å². The van der Waals surface area contributed by atoms with Gasteiger partial charge in [-0.25, -0.2) is 0 Å². The molecular weight excluding hydrogens is 75.0 g/mol. The van der Waals surface area contributed by atoms with Crippen LogP contribution in [0, 0.1) is 0 Å². The fourth-order valence-corrected chi connectivity index (χ4v) is 0. The van der Waals surface area contributed by atoms with Crippen LogP contribution < -0.4 is 11.7 Å². The second-order valence-corrected chi connectivity index (χ2v) is 0. The summed E-state index contributed by atoms with van der Waals surface area (Å²) in [6.07, 6.45) is 0. The zero-order chi connectivity index (χ0) is 2.00. The molecule has 0 aliphatic carbocycles. The molecule has 0 saturated carbocycles. The SMILES string of the molecule is NN.O.P. The molecule has 0 rings (SSSR count). The first-order valence-corrected chi connectivity index (χ1v) is 0.333. The van der Waals surface area contributed by atoms with E-state index in [9.17, 15) is 0 Å². The minimum Gasteiger partial charge on any atom is -0.412 e. The number of hydrogen-bond donors (Lipinski definition) is 2. The van der Waals surface area contributed by atoms with Crippen molar-refractivity contribution in [2.45, 2.75) is 0 Å². The lowest BCUT2D eigenvalue weighted by molar-refractivity contribution is 0.824. The monoisotopic (exact) mass is 84.0 g/mol. The molecule has 0 aliphatic rings. The highest BCUT2D eigenvalue weighted by Crippen LogP contribution is 0.861. The van der Waals surface area contributed by atoms with Crippen LogP contribution in [0.5, 0.6) is 0 Å². The molecule has 0 spiro atoms. The Morgan fingerprint density at radius 1 is 1.00 bits per heavy atom. The Kier molecular flexibility index (Phi) is 1260. The van der Waals surface area contributed by atoms with E-state index < -0.39 is 0 Å². The number of rotatable bonds is 0. The third kappa shape index (κ3) is 41.3. The number of nitrogens with two attached hydrogens (primary N) is 2. The van der Waals surface area contributed by atoms with Crippen LogP contribution in [0.3, 0.4) is 0 Å². The first-order valence-electron chi connectivity index (χ1n) is 0.333. The van der Waals surface area contributed by atoms with E-state index in [4.69, 9.17) is 0 Å². The Bertz CT molecular complexity index is 6.00. The Morgan fingerprint density at radius 2 is 1.00 bits per heavy atom. The van der Waals surface area contributed by atoms with Crippen molar-refractivity contribution in [1.82, 2.24) is 0 Å². The van der Waals surface area contributed by atoms with Gasteiger partial charge in [-0.3, -0.25) is 11.7 Å². The van der Waals surface area contributed by atoms with Crippen molar-refractivity contribution in [2.24, 2.45) is 11.7 Å². The lowest BCUT2D eigenvalue weighted by atomic mass is 13.0. The van der Waals surface area contributed by atoms with E-state index in [-0.39, 0.29) is 15.4 Å². The summed E-state index contributed by atoms with van der Waals surface area (Å²) < 4.78 is 0. The maximum absolute atomic E-state index is 4.00. The lowest BCUT2D eigenvalue weighted by Gasteiger charge is -1.27. The van der Waals surface area contributed by atoms with Crippen molar-refractivity contribution >= 4 is 9.90 Å². The summed E-state index contributed by atoms with van der Waals surface area (Å²) in [6.45, 7) is 0. The third-order valence-corrected chi connectivity index (χ3v) is 0. The molecule has 4 heavy (non-hydrogen) atoms. The molecule has 0 fully saturated rings. The highest BCUT2D eigenvalue weighted by atomic mass is 31.0. The van der Waals surface area contributed by atoms with E-state index >= 15 is 0 Å². The molecule has 0 radical (unpaired) electrons. The van der Waals surface area contributed by atoms with Gasteiger partial charge in [0.15, 0.2) is 0 Å². The van der Waals surface area contributed by atoms with Gasteiger partial charge in [-0.05, 0) is 0 Å². The van der Waals surface area contributed by atoms with Crippen LogP contribution in [0.25, 0.3) is 0 Å². The maximum Gasteiger partial charge on any atom is -0.153 e. The van der Waals surface area contributed by atoms with Crippen molar-refractivity contribution in [3.8, 4) is 0 Å². The molecule has 0 aromatic rings. The molecular formula is H9N2OP. The Morgan fingerprint density at radius 3 is 1.00 bits per heavy atom. The van der Waals surface area contributed by atoms with E-state index in [0.29, 0.717) is 0 Å². The van der Waals surface area contributed by atoms with E-state index in [1.807, 2.05) is 0 Å². The van der Waals surface area contributed by atoms with Crippen molar-refractivity contribution in [3.05, 3.63) is 0 Å². The molecule has 0 amide bonds. The summed E-state index contributed by atoms with van der Waals surface area (Å²) >= 11 is 0. The normalized spacial score (nSPS) is 1.50. The van der Waals surface area contributed by atoms with Crippen LogP contribution in [0.2, 0.25) is 0 Å². The zero-order valence-electron chi connectivity index (χ0n) is 2.36. The smallest absolute Gasteiger partial charge is 0.153 e. The van der Waals surface area contributed by atoms with Gasteiger partial charge in [0.25, 0.3) is 0 Å². The van der Waals surface area contributed by atoms with Crippen LogP contribution >= 0.6 is 9.90 Å². The van der Waals surface area contributed by atoms with Crippen LogP contribution in [-0.4, -0.2) is 5.48 Å². The molecule has 1 unspecified atom stereocenters. The summed E-state index contributed by atoms with van der Waals surface area (Å²) in [6, 6.07) is 0. The molecule has 0 aromatic carbocycles. The van der Waals surface area contributed by atoms with Crippen LogP contribution in [-0.2, 0) is 0 Å². The van der Waals surface area contributed by atoms with Crippen LogP contribution in [0.4, 0.5) is 0 Å². The fourth-order valence-electron chi connectivity index (χ4n) is 0. The first kappa shape index (κ1) is 27.5. The van der Waals surface area contributed by atoms with Gasteiger partial charge in [-0.15, -0.1) is 0 Å². The second kappa shape index (κ2) is 184.